The Morgan fingerprint density at radius 2 is 1.64 bits per heavy atom. The second-order valence-corrected chi connectivity index (χ2v) is 7.84. The molecule has 1 N–H and O–H groups in total. The lowest BCUT2D eigenvalue weighted by Crippen LogP contribution is -2.26. The van der Waals surface area contributed by atoms with Gasteiger partial charge in [-0.05, 0) is 53.6 Å². The van der Waals surface area contributed by atoms with E-state index in [9.17, 15) is 4.79 Å². The molecule has 2 aliphatic rings. The van der Waals surface area contributed by atoms with Crippen LogP contribution < -0.4 is 5.32 Å². The molecule has 0 aromatic heterocycles. The second kappa shape index (κ2) is 6.68. The van der Waals surface area contributed by atoms with Gasteiger partial charge in [-0.2, -0.15) is 0 Å². The van der Waals surface area contributed by atoms with Crippen molar-refractivity contribution in [2.45, 2.75) is 18.3 Å². The van der Waals surface area contributed by atoms with E-state index in [1.54, 1.807) is 6.07 Å². The Bertz CT molecular complexity index is 860. The van der Waals surface area contributed by atoms with Crippen LogP contribution in [0.4, 0.5) is 0 Å². The Balaban J connectivity index is 1.82. The SMILES string of the molecule is O=C1NCC2C1=CCC(c1ccc(Cl)cc1Cl)C2c1ccc(Cl)cc1. The number of nitrogens with one attached hydrogen (secondary N) is 1. The molecule has 4 rings (SSSR count). The molecule has 2 aromatic rings. The summed E-state index contributed by atoms with van der Waals surface area (Å²) >= 11 is 18.6. The lowest BCUT2D eigenvalue weighted by molar-refractivity contribution is -0.116. The number of halogens is 3. The van der Waals surface area contributed by atoms with E-state index in [1.165, 1.54) is 5.56 Å². The summed E-state index contributed by atoms with van der Waals surface area (Å²) in [5.41, 5.74) is 3.13. The number of rotatable bonds is 2. The zero-order chi connectivity index (χ0) is 17.6. The van der Waals surface area contributed by atoms with E-state index in [1.807, 2.05) is 24.3 Å². The van der Waals surface area contributed by atoms with Crippen LogP contribution in [0.1, 0.15) is 29.4 Å². The van der Waals surface area contributed by atoms with E-state index in [4.69, 9.17) is 34.8 Å². The lowest BCUT2D eigenvalue weighted by atomic mass is 9.67. The highest BCUT2D eigenvalue weighted by Gasteiger charge is 2.42. The van der Waals surface area contributed by atoms with Gasteiger partial charge < -0.3 is 5.32 Å². The summed E-state index contributed by atoms with van der Waals surface area (Å²) in [6.45, 7) is 0.652. The maximum atomic E-state index is 12.2. The van der Waals surface area contributed by atoms with Crippen LogP contribution in [-0.4, -0.2) is 12.5 Å². The highest BCUT2D eigenvalue weighted by Crippen LogP contribution is 2.50. The molecule has 3 atom stereocenters. The van der Waals surface area contributed by atoms with Gasteiger partial charge in [0.1, 0.15) is 0 Å². The molecule has 2 nitrogen and oxygen atoms in total. The van der Waals surface area contributed by atoms with Crippen LogP contribution in [0.2, 0.25) is 15.1 Å². The average molecular weight is 393 g/mol. The Morgan fingerprint density at radius 3 is 2.36 bits per heavy atom. The Hall–Kier alpha value is -1.48. The molecule has 0 spiro atoms. The molecule has 0 radical (unpaired) electrons. The van der Waals surface area contributed by atoms with E-state index in [0.29, 0.717) is 21.6 Å². The molecular formula is C20H16Cl3NO. The van der Waals surface area contributed by atoms with Crippen molar-refractivity contribution in [1.82, 2.24) is 5.32 Å². The first-order valence-corrected chi connectivity index (χ1v) is 9.36. The third-order valence-corrected chi connectivity index (χ3v) is 6.03. The van der Waals surface area contributed by atoms with Gasteiger partial charge in [0.25, 0.3) is 0 Å². The van der Waals surface area contributed by atoms with E-state index in [0.717, 1.165) is 17.6 Å². The number of allylic oxidation sites excluding steroid dienone is 1. The van der Waals surface area contributed by atoms with Gasteiger partial charge in [-0.15, -0.1) is 0 Å². The zero-order valence-corrected chi connectivity index (χ0v) is 15.6. The number of carbonyl (C=O) groups excluding carboxylic acids is 1. The van der Waals surface area contributed by atoms with Crippen LogP contribution in [0.5, 0.6) is 0 Å². The largest absolute Gasteiger partial charge is 0.352 e. The molecule has 1 aliphatic carbocycles. The van der Waals surface area contributed by atoms with Gasteiger partial charge in [0.2, 0.25) is 5.91 Å². The summed E-state index contributed by atoms with van der Waals surface area (Å²) in [7, 11) is 0. The molecular weight excluding hydrogens is 377 g/mol. The quantitative estimate of drug-likeness (QED) is 0.709. The van der Waals surface area contributed by atoms with Crippen LogP contribution in [0.15, 0.2) is 54.1 Å². The summed E-state index contributed by atoms with van der Waals surface area (Å²) in [6, 6.07) is 13.6. The molecule has 0 saturated carbocycles. The molecule has 3 unspecified atom stereocenters. The molecule has 1 amide bonds. The van der Waals surface area contributed by atoms with Gasteiger partial charge in [-0.1, -0.05) is 59.1 Å². The van der Waals surface area contributed by atoms with Crippen molar-refractivity contribution in [3.8, 4) is 0 Å². The minimum atomic E-state index is 0.0459. The minimum Gasteiger partial charge on any atom is -0.352 e. The van der Waals surface area contributed by atoms with Gasteiger partial charge in [-0.25, -0.2) is 0 Å². The average Bonchev–Trinajstić information content (AvgIpc) is 2.97. The van der Waals surface area contributed by atoms with E-state index in [2.05, 4.69) is 23.5 Å². The molecule has 128 valence electrons. The highest BCUT2D eigenvalue weighted by molar-refractivity contribution is 6.35. The summed E-state index contributed by atoms with van der Waals surface area (Å²) in [5.74, 6) is 0.533. The number of benzene rings is 2. The van der Waals surface area contributed by atoms with Crippen molar-refractivity contribution in [3.05, 3.63) is 80.3 Å². The first-order chi connectivity index (χ1) is 12.0. The third-order valence-electron chi connectivity index (χ3n) is 5.22. The number of carbonyl (C=O) groups is 1. The molecule has 1 fully saturated rings. The molecule has 1 aliphatic heterocycles. The Kier molecular flexibility index (Phi) is 4.53. The number of hydrogen-bond donors (Lipinski definition) is 1. The summed E-state index contributed by atoms with van der Waals surface area (Å²) in [6.07, 6.45) is 2.84. The first kappa shape index (κ1) is 17.0. The summed E-state index contributed by atoms with van der Waals surface area (Å²) < 4.78 is 0. The summed E-state index contributed by atoms with van der Waals surface area (Å²) in [5, 5.41) is 4.98. The predicted molar refractivity (Wildman–Crippen MR) is 103 cm³/mol. The monoisotopic (exact) mass is 391 g/mol. The van der Waals surface area contributed by atoms with Crippen molar-refractivity contribution in [3.63, 3.8) is 0 Å². The molecule has 2 aromatic carbocycles. The predicted octanol–water partition coefficient (Wildman–Crippen LogP) is 5.59. The fourth-order valence-corrected chi connectivity index (χ4v) is 4.78. The Morgan fingerprint density at radius 1 is 0.920 bits per heavy atom. The summed E-state index contributed by atoms with van der Waals surface area (Å²) in [4.78, 5) is 12.2. The molecule has 1 saturated heterocycles. The zero-order valence-electron chi connectivity index (χ0n) is 13.3. The number of hydrogen-bond acceptors (Lipinski definition) is 1. The van der Waals surface area contributed by atoms with Crippen LogP contribution in [-0.2, 0) is 4.79 Å². The topological polar surface area (TPSA) is 29.1 Å². The van der Waals surface area contributed by atoms with Gasteiger partial charge in [0.15, 0.2) is 0 Å². The number of fused-ring (bicyclic) bond motifs is 1. The van der Waals surface area contributed by atoms with Crippen molar-refractivity contribution < 1.29 is 4.79 Å². The van der Waals surface area contributed by atoms with E-state index < -0.39 is 0 Å². The van der Waals surface area contributed by atoms with E-state index >= 15 is 0 Å². The van der Waals surface area contributed by atoms with Crippen LogP contribution in [0.25, 0.3) is 0 Å². The smallest absolute Gasteiger partial charge is 0.247 e. The molecule has 5 heteroatoms. The van der Waals surface area contributed by atoms with Crippen molar-refractivity contribution in [2.24, 2.45) is 5.92 Å². The molecule has 0 bridgehead atoms. The van der Waals surface area contributed by atoms with Crippen molar-refractivity contribution >= 4 is 40.7 Å². The maximum Gasteiger partial charge on any atom is 0.247 e. The van der Waals surface area contributed by atoms with Crippen LogP contribution in [0.3, 0.4) is 0 Å². The minimum absolute atomic E-state index is 0.0459. The fourth-order valence-electron chi connectivity index (χ4n) is 4.10. The van der Waals surface area contributed by atoms with E-state index in [-0.39, 0.29) is 23.7 Å². The fraction of sp³-hybridized carbons (Fsp3) is 0.250. The first-order valence-electron chi connectivity index (χ1n) is 8.23. The molecule has 25 heavy (non-hydrogen) atoms. The highest BCUT2D eigenvalue weighted by atomic mass is 35.5. The van der Waals surface area contributed by atoms with Crippen LogP contribution in [0, 0.1) is 5.92 Å². The second-order valence-electron chi connectivity index (χ2n) is 6.56. The Labute approximate surface area is 161 Å². The maximum absolute atomic E-state index is 12.2. The van der Waals surface area contributed by atoms with Gasteiger partial charge >= 0.3 is 0 Å². The normalized spacial score (nSPS) is 25.3. The molecule has 1 heterocycles. The van der Waals surface area contributed by atoms with Crippen molar-refractivity contribution in [2.75, 3.05) is 6.54 Å². The number of amides is 1. The lowest BCUT2D eigenvalue weighted by Gasteiger charge is -2.36. The third kappa shape index (κ3) is 3.08. The van der Waals surface area contributed by atoms with Gasteiger partial charge in [-0.3, -0.25) is 4.79 Å². The van der Waals surface area contributed by atoms with Gasteiger partial charge in [0.05, 0.1) is 0 Å². The van der Waals surface area contributed by atoms with Gasteiger partial charge in [0, 0.05) is 33.1 Å². The van der Waals surface area contributed by atoms with Crippen LogP contribution >= 0.6 is 34.8 Å². The van der Waals surface area contributed by atoms with Crippen molar-refractivity contribution in [1.29, 1.82) is 0 Å². The standard InChI is InChI=1S/C20H16Cl3NO/c21-12-3-1-11(2-4-12)19-15(14-6-5-13(22)9-18(14)23)7-8-16-17(19)10-24-20(16)25/h1-6,8-9,15,17,19H,7,10H2,(H,24,25).